The van der Waals surface area contributed by atoms with Gasteiger partial charge in [-0.15, -0.1) is 5.10 Å². The molecule has 232 valence electrons. The molecule has 13 heteroatoms. The van der Waals surface area contributed by atoms with Crippen molar-refractivity contribution in [2.75, 3.05) is 21.3 Å². The first-order valence-electron chi connectivity index (χ1n) is 13.3. The molecule has 0 aliphatic carbocycles. The van der Waals surface area contributed by atoms with Gasteiger partial charge in [0.25, 0.3) is 5.91 Å². The Kier molecular flexibility index (Phi) is 10.2. The molecule has 0 bridgehead atoms. The predicted molar refractivity (Wildman–Crippen MR) is 175 cm³/mol. The van der Waals surface area contributed by atoms with Crippen molar-refractivity contribution in [2.24, 2.45) is 10.2 Å². The molecular formula is C32H27Cl2N3O7S. The average Bonchev–Trinajstić information content (AvgIpc) is 3.66. The molecule has 1 amide bonds. The van der Waals surface area contributed by atoms with Crippen LogP contribution >= 0.6 is 35.0 Å². The summed E-state index contributed by atoms with van der Waals surface area (Å²) in [6.45, 7) is 0.383. The predicted octanol–water partition coefficient (Wildman–Crippen LogP) is 7.40. The summed E-state index contributed by atoms with van der Waals surface area (Å²) in [5, 5.41) is 20.3. The van der Waals surface area contributed by atoms with Gasteiger partial charge in [-0.1, -0.05) is 29.3 Å². The molecule has 45 heavy (non-hydrogen) atoms. The van der Waals surface area contributed by atoms with Crippen LogP contribution in [-0.4, -0.2) is 48.6 Å². The molecule has 1 saturated heterocycles. The van der Waals surface area contributed by atoms with Crippen LogP contribution in [0.3, 0.4) is 0 Å². The molecule has 2 heterocycles. The van der Waals surface area contributed by atoms with Crippen molar-refractivity contribution in [1.82, 2.24) is 4.90 Å². The summed E-state index contributed by atoms with van der Waals surface area (Å²) in [6, 6.07) is 17.3. The molecule has 10 nitrogen and oxygen atoms in total. The Morgan fingerprint density at radius 3 is 2.33 bits per heavy atom. The van der Waals surface area contributed by atoms with Crippen LogP contribution in [-0.2, 0) is 17.9 Å². The number of thioether (sulfide) groups is 1. The molecule has 0 radical (unpaired) electrons. The van der Waals surface area contributed by atoms with E-state index in [9.17, 15) is 9.90 Å². The van der Waals surface area contributed by atoms with Crippen LogP contribution in [0.5, 0.6) is 28.7 Å². The van der Waals surface area contributed by atoms with E-state index in [1.807, 2.05) is 0 Å². The Morgan fingerprint density at radius 1 is 0.933 bits per heavy atom. The van der Waals surface area contributed by atoms with Crippen molar-refractivity contribution in [3.63, 3.8) is 0 Å². The molecule has 1 N–H and O–H groups in total. The van der Waals surface area contributed by atoms with Crippen molar-refractivity contribution in [3.05, 3.63) is 104 Å². The Hall–Kier alpha value is -4.58. The lowest BCUT2D eigenvalue weighted by Crippen LogP contribution is -2.28. The Labute approximate surface area is 273 Å². The van der Waals surface area contributed by atoms with Crippen LogP contribution in [0.25, 0.3) is 6.08 Å². The number of amides is 1. The summed E-state index contributed by atoms with van der Waals surface area (Å²) < 4.78 is 27.4. The second-order valence-electron chi connectivity index (χ2n) is 9.42. The van der Waals surface area contributed by atoms with Gasteiger partial charge in [-0.3, -0.25) is 9.69 Å². The molecule has 0 saturated carbocycles. The lowest BCUT2D eigenvalue weighted by Gasteiger charge is -2.13. The summed E-state index contributed by atoms with van der Waals surface area (Å²) in [5.41, 5.74) is 2.07. The number of phenols is 1. The van der Waals surface area contributed by atoms with E-state index in [0.717, 1.165) is 17.3 Å². The first-order chi connectivity index (χ1) is 21.8. The van der Waals surface area contributed by atoms with Crippen LogP contribution < -0.4 is 18.9 Å². The SMILES string of the molecule is COc1cc(/C=N\N=C2\S/C(=C\c3cc(OC)c(O)c(OC)c3)C(=O)N2Cc2ccco2)ccc1OCc1ccc(Cl)cc1Cl. The van der Waals surface area contributed by atoms with Gasteiger partial charge in [0, 0.05) is 15.6 Å². The summed E-state index contributed by atoms with van der Waals surface area (Å²) in [7, 11) is 4.41. The molecule has 1 aliphatic rings. The number of benzene rings is 3. The maximum atomic E-state index is 13.5. The molecule has 0 atom stereocenters. The number of hydrogen-bond donors (Lipinski definition) is 1. The van der Waals surface area contributed by atoms with Gasteiger partial charge in [0.05, 0.1) is 45.3 Å². The number of halogens is 2. The van der Waals surface area contributed by atoms with Crippen molar-refractivity contribution in [1.29, 1.82) is 0 Å². The number of rotatable bonds is 11. The fraction of sp³-hybridized carbons (Fsp3) is 0.156. The van der Waals surface area contributed by atoms with Crippen molar-refractivity contribution in [3.8, 4) is 28.7 Å². The minimum atomic E-state index is -0.291. The smallest absolute Gasteiger partial charge is 0.267 e. The van der Waals surface area contributed by atoms with Crippen molar-refractivity contribution in [2.45, 2.75) is 13.2 Å². The van der Waals surface area contributed by atoms with E-state index in [1.165, 1.54) is 25.4 Å². The molecular weight excluding hydrogens is 641 g/mol. The largest absolute Gasteiger partial charge is 0.502 e. The Balaban J connectivity index is 1.37. The molecule has 1 aliphatic heterocycles. The zero-order valence-corrected chi connectivity index (χ0v) is 26.7. The Morgan fingerprint density at radius 2 is 1.67 bits per heavy atom. The molecule has 0 spiro atoms. The number of nitrogens with zero attached hydrogens (tertiary/aromatic N) is 3. The number of methoxy groups -OCH3 is 3. The highest BCUT2D eigenvalue weighted by Crippen LogP contribution is 2.40. The first-order valence-corrected chi connectivity index (χ1v) is 14.9. The summed E-state index contributed by atoms with van der Waals surface area (Å²) in [6.07, 6.45) is 4.75. The number of carbonyl (C=O) groups is 1. The van der Waals surface area contributed by atoms with Crippen LogP contribution in [0, 0.1) is 0 Å². The third-order valence-electron chi connectivity index (χ3n) is 6.52. The average molecular weight is 669 g/mol. The van der Waals surface area contributed by atoms with E-state index in [0.29, 0.717) is 48.5 Å². The van der Waals surface area contributed by atoms with Gasteiger partial charge in [-0.2, -0.15) is 5.10 Å². The number of aromatic hydroxyl groups is 1. The molecule has 3 aromatic carbocycles. The topological polar surface area (TPSA) is 115 Å². The number of amidine groups is 1. The van der Waals surface area contributed by atoms with Crippen LogP contribution in [0.15, 0.2) is 86.5 Å². The van der Waals surface area contributed by atoms with E-state index in [4.69, 9.17) is 46.6 Å². The van der Waals surface area contributed by atoms with Crippen molar-refractivity contribution < 1.29 is 33.3 Å². The molecule has 4 aromatic rings. The zero-order chi connectivity index (χ0) is 31.9. The second kappa shape index (κ2) is 14.5. The summed E-state index contributed by atoms with van der Waals surface area (Å²) in [4.78, 5) is 15.3. The van der Waals surface area contributed by atoms with E-state index in [2.05, 4.69) is 10.2 Å². The quantitative estimate of drug-likeness (QED) is 0.0999. The monoisotopic (exact) mass is 667 g/mol. The molecule has 0 unspecified atom stereocenters. The van der Waals surface area contributed by atoms with E-state index in [1.54, 1.807) is 80.1 Å². The minimum absolute atomic E-state index is 0.134. The van der Waals surface area contributed by atoms with Gasteiger partial charge in [-0.05, 0) is 83.6 Å². The van der Waals surface area contributed by atoms with Gasteiger partial charge in [0.2, 0.25) is 5.75 Å². The highest BCUT2D eigenvalue weighted by molar-refractivity contribution is 8.18. The van der Waals surface area contributed by atoms with Gasteiger partial charge < -0.3 is 28.5 Å². The van der Waals surface area contributed by atoms with Gasteiger partial charge in [0.15, 0.2) is 28.2 Å². The lowest BCUT2D eigenvalue weighted by molar-refractivity contribution is -0.122. The maximum absolute atomic E-state index is 13.5. The number of hydrogen-bond acceptors (Lipinski definition) is 10. The molecule has 5 rings (SSSR count). The first kappa shape index (κ1) is 31.8. The fourth-order valence-electron chi connectivity index (χ4n) is 4.25. The lowest BCUT2D eigenvalue weighted by atomic mass is 10.1. The summed E-state index contributed by atoms with van der Waals surface area (Å²) >= 11 is 13.4. The van der Waals surface area contributed by atoms with Crippen LogP contribution in [0.4, 0.5) is 0 Å². The standard InChI is InChI=1S/C32H27Cl2N3O7S/c1-40-26-11-19(6-9-25(26)44-18-21-7-8-22(33)15-24(21)34)16-35-36-32-37(17-23-5-4-10-43-23)31(39)29(45-32)14-20-12-27(41-2)30(38)28(13-20)42-3/h4-16,38H,17-18H2,1-3H3/b29-14-,35-16-,36-32+. The van der Waals surface area contributed by atoms with Gasteiger partial charge in [0.1, 0.15) is 12.4 Å². The normalized spacial score (nSPS) is 15.0. The number of carbonyl (C=O) groups excluding carboxylic acids is 1. The highest BCUT2D eigenvalue weighted by atomic mass is 35.5. The van der Waals surface area contributed by atoms with Crippen molar-refractivity contribution >= 4 is 58.3 Å². The molecule has 1 aromatic heterocycles. The number of phenolic OH excluding ortho intramolecular Hbond substituents is 1. The minimum Gasteiger partial charge on any atom is -0.502 e. The molecule has 1 fully saturated rings. The third kappa shape index (κ3) is 7.56. The van der Waals surface area contributed by atoms with Crippen LogP contribution in [0.2, 0.25) is 10.0 Å². The fourth-order valence-corrected chi connectivity index (χ4v) is 5.65. The number of ether oxygens (including phenoxy) is 4. The second-order valence-corrected chi connectivity index (χ2v) is 11.3. The maximum Gasteiger partial charge on any atom is 0.267 e. The number of furan rings is 1. The highest BCUT2D eigenvalue weighted by Gasteiger charge is 2.34. The third-order valence-corrected chi connectivity index (χ3v) is 8.10. The Bertz CT molecular complexity index is 1770. The van der Waals surface area contributed by atoms with Gasteiger partial charge in [-0.25, -0.2) is 0 Å². The van der Waals surface area contributed by atoms with Gasteiger partial charge >= 0.3 is 0 Å². The zero-order valence-electron chi connectivity index (χ0n) is 24.3. The summed E-state index contributed by atoms with van der Waals surface area (Å²) in [5.74, 6) is 1.59. The van der Waals surface area contributed by atoms with E-state index < -0.39 is 0 Å². The van der Waals surface area contributed by atoms with E-state index >= 15 is 0 Å². The van der Waals surface area contributed by atoms with Crippen LogP contribution in [0.1, 0.15) is 22.5 Å². The van der Waals surface area contributed by atoms with E-state index in [-0.39, 0.29) is 36.3 Å².